The summed E-state index contributed by atoms with van der Waals surface area (Å²) in [5, 5.41) is 8.94. The summed E-state index contributed by atoms with van der Waals surface area (Å²) in [4.78, 5) is 21.5. The van der Waals surface area contributed by atoms with Gasteiger partial charge in [0.15, 0.2) is 0 Å². The van der Waals surface area contributed by atoms with Crippen LogP contribution in [0, 0.1) is 0 Å². The van der Waals surface area contributed by atoms with E-state index in [4.69, 9.17) is 0 Å². The summed E-state index contributed by atoms with van der Waals surface area (Å²) in [7, 11) is 5.24. The second-order valence-electron chi connectivity index (χ2n) is 4.21. The van der Waals surface area contributed by atoms with Crippen LogP contribution < -0.4 is 16.0 Å². The summed E-state index contributed by atoms with van der Waals surface area (Å²) in [5.41, 5.74) is 0. The first-order chi connectivity index (χ1) is 9.06. The van der Waals surface area contributed by atoms with Crippen LogP contribution in [0.4, 0.5) is 16.4 Å². The van der Waals surface area contributed by atoms with Gasteiger partial charge < -0.3 is 20.9 Å². The topological polar surface area (TPSA) is 82.2 Å². The predicted octanol–water partition coefficient (Wildman–Crippen LogP) is 0.764. The molecule has 1 aromatic rings. The minimum Gasteiger partial charge on any atom is -0.373 e. The second kappa shape index (κ2) is 7.40. The molecule has 7 nitrogen and oxygen atoms in total. The Morgan fingerprint density at radius 3 is 2.53 bits per heavy atom. The van der Waals surface area contributed by atoms with Gasteiger partial charge in [0.05, 0.1) is 0 Å². The van der Waals surface area contributed by atoms with Crippen LogP contribution >= 0.6 is 0 Å². The Morgan fingerprint density at radius 1 is 1.26 bits per heavy atom. The lowest BCUT2D eigenvalue weighted by molar-refractivity contribution is 0.218. The molecule has 106 valence electrons. The van der Waals surface area contributed by atoms with E-state index in [9.17, 15) is 4.79 Å². The number of nitrogens with zero attached hydrogens (tertiary/aromatic N) is 3. The first kappa shape index (κ1) is 15.0. The molecule has 0 aliphatic heterocycles. The molecule has 0 saturated heterocycles. The molecule has 0 aliphatic carbocycles. The van der Waals surface area contributed by atoms with Gasteiger partial charge in [-0.3, -0.25) is 0 Å². The van der Waals surface area contributed by atoms with Crippen LogP contribution in [0.5, 0.6) is 0 Å². The van der Waals surface area contributed by atoms with E-state index in [2.05, 4.69) is 25.9 Å². The van der Waals surface area contributed by atoms with Crippen LogP contribution in [0.3, 0.4) is 0 Å². The van der Waals surface area contributed by atoms with Crippen molar-refractivity contribution in [2.75, 3.05) is 44.9 Å². The van der Waals surface area contributed by atoms with Gasteiger partial charge in [-0.1, -0.05) is 6.92 Å². The molecule has 0 spiro atoms. The van der Waals surface area contributed by atoms with Gasteiger partial charge in [0.1, 0.15) is 17.5 Å². The molecule has 19 heavy (non-hydrogen) atoms. The van der Waals surface area contributed by atoms with Gasteiger partial charge in [-0.2, -0.15) is 0 Å². The largest absolute Gasteiger partial charge is 0.373 e. The number of aryl methyl sites for hydroxylation is 1. The van der Waals surface area contributed by atoms with Crippen LogP contribution in [-0.2, 0) is 6.42 Å². The van der Waals surface area contributed by atoms with E-state index in [0.717, 1.165) is 23.9 Å². The number of anilines is 2. The molecule has 1 aromatic heterocycles. The van der Waals surface area contributed by atoms with Gasteiger partial charge >= 0.3 is 6.03 Å². The fraction of sp³-hybridized carbons (Fsp3) is 0.583. The Bertz CT molecular complexity index is 398. The lowest BCUT2D eigenvalue weighted by atomic mass is 10.4. The number of carbonyl (C=O) groups excluding carboxylic acids is 1. The van der Waals surface area contributed by atoms with Gasteiger partial charge in [0.2, 0.25) is 0 Å². The molecule has 0 aromatic carbocycles. The van der Waals surface area contributed by atoms with Crippen molar-refractivity contribution in [3.8, 4) is 0 Å². The first-order valence-electron chi connectivity index (χ1n) is 6.31. The smallest absolute Gasteiger partial charge is 0.316 e. The fourth-order valence-electron chi connectivity index (χ4n) is 1.39. The predicted molar refractivity (Wildman–Crippen MR) is 76.5 cm³/mol. The van der Waals surface area contributed by atoms with Gasteiger partial charge in [0.25, 0.3) is 0 Å². The summed E-state index contributed by atoms with van der Waals surface area (Å²) < 4.78 is 0. The van der Waals surface area contributed by atoms with E-state index in [1.807, 2.05) is 20.0 Å². The Hall–Kier alpha value is -2.05. The maximum absolute atomic E-state index is 11.3. The molecule has 1 rings (SSSR count). The highest BCUT2D eigenvalue weighted by atomic mass is 16.2. The van der Waals surface area contributed by atoms with Crippen LogP contribution in [-0.4, -0.2) is 55.1 Å². The third-order valence-electron chi connectivity index (χ3n) is 2.46. The van der Waals surface area contributed by atoms with Crippen LogP contribution in [0.1, 0.15) is 12.7 Å². The number of urea groups is 1. The van der Waals surface area contributed by atoms with Crippen LogP contribution in [0.2, 0.25) is 0 Å². The van der Waals surface area contributed by atoms with Crippen molar-refractivity contribution in [2.45, 2.75) is 13.3 Å². The van der Waals surface area contributed by atoms with Gasteiger partial charge in [-0.25, -0.2) is 14.8 Å². The van der Waals surface area contributed by atoms with E-state index in [1.54, 1.807) is 14.1 Å². The molecule has 3 N–H and O–H groups in total. The Labute approximate surface area is 113 Å². The van der Waals surface area contributed by atoms with Crippen molar-refractivity contribution >= 4 is 17.7 Å². The highest BCUT2D eigenvalue weighted by molar-refractivity contribution is 5.73. The van der Waals surface area contributed by atoms with E-state index in [-0.39, 0.29) is 6.03 Å². The minimum atomic E-state index is -0.102. The second-order valence-corrected chi connectivity index (χ2v) is 4.21. The molecule has 0 aliphatic rings. The molecule has 0 radical (unpaired) electrons. The Kier molecular flexibility index (Phi) is 5.84. The summed E-state index contributed by atoms with van der Waals surface area (Å²) in [6.07, 6.45) is 0.779. The van der Waals surface area contributed by atoms with Crippen LogP contribution in [0.25, 0.3) is 0 Å². The summed E-state index contributed by atoms with van der Waals surface area (Å²) in [6, 6.07) is 1.74. The average Bonchev–Trinajstić information content (AvgIpc) is 2.42. The molecular formula is C12H22N6O. The number of carbonyl (C=O) groups is 1. The number of rotatable bonds is 6. The molecule has 2 amide bonds. The fourth-order valence-corrected chi connectivity index (χ4v) is 1.39. The van der Waals surface area contributed by atoms with Crippen molar-refractivity contribution in [1.82, 2.24) is 20.2 Å². The zero-order valence-electron chi connectivity index (χ0n) is 11.9. The monoisotopic (exact) mass is 266 g/mol. The van der Waals surface area contributed by atoms with Crippen molar-refractivity contribution in [3.05, 3.63) is 11.9 Å². The first-order valence-corrected chi connectivity index (χ1v) is 6.31. The summed E-state index contributed by atoms with van der Waals surface area (Å²) in [6.45, 7) is 3.16. The van der Waals surface area contributed by atoms with Gasteiger partial charge in [-0.05, 0) is 0 Å². The quantitative estimate of drug-likeness (QED) is 0.662. The molecule has 0 saturated carbocycles. The maximum Gasteiger partial charge on any atom is 0.316 e. The van der Waals surface area contributed by atoms with Crippen molar-refractivity contribution in [2.24, 2.45) is 0 Å². The molecule has 0 unspecified atom stereocenters. The van der Waals surface area contributed by atoms with E-state index in [0.29, 0.717) is 13.1 Å². The molecule has 0 atom stereocenters. The molecule has 0 bridgehead atoms. The molecule has 1 heterocycles. The summed E-state index contributed by atoms with van der Waals surface area (Å²) in [5.74, 6) is 2.33. The molecular weight excluding hydrogens is 244 g/mol. The number of aromatic nitrogens is 2. The zero-order valence-corrected chi connectivity index (χ0v) is 11.9. The number of hydrogen-bond acceptors (Lipinski definition) is 5. The minimum absolute atomic E-state index is 0.102. The Morgan fingerprint density at radius 2 is 1.95 bits per heavy atom. The van der Waals surface area contributed by atoms with E-state index in [1.165, 1.54) is 4.90 Å². The van der Waals surface area contributed by atoms with Crippen molar-refractivity contribution < 1.29 is 4.79 Å². The lowest BCUT2D eigenvalue weighted by Gasteiger charge is -2.13. The summed E-state index contributed by atoms with van der Waals surface area (Å²) >= 11 is 0. The number of amides is 2. The lowest BCUT2D eigenvalue weighted by Crippen LogP contribution is -2.37. The third-order valence-corrected chi connectivity index (χ3v) is 2.46. The van der Waals surface area contributed by atoms with E-state index >= 15 is 0 Å². The Balaban J connectivity index is 2.46. The highest BCUT2D eigenvalue weighted by Gasteiger charge is 2.03. The van der Waals surface area contributed by atoms with Crippen molar-refractivity contribution in [3.63, 3.8) is 0 Å². The normalized spacial score (nSPS) is 9.89. The zero-order chi connectivity index (χ0) is 14.3. The van der Waals surface area contributed by atoms with Gasteiger partial charge in [-0.15, -0.1) is 0 Å². The average molecular weight is 266 g/mol. The molecule has 0 fully saturated rings. The number of nitrogens with one attached hydrogen (secondary N) is 3. The maximum atomic E-state index is 11.3. The van der Waals surface area contributed by atoms with Crippen LogP contribution in [0.15, 0.2) is 6.07 Å². The SMILES string of the molecule is CCc1nc(NC)cc(NCCNC(=O)N(C)C)n1. The number of hydrogen-bond donors (Lipinski definition) is 3. The third kappa shape index (κ3) is 4.99. The van der Waals surface area contributed by atoms with Gasteiger partial charge in [0, 0.05) is 46.7 Å². The van der Waals surface area contributed by atoms with Crippen molar-refractivity contribution in [1.29, 1.82) is 0 Å². The highest BCUT2D eigenvalue weighted by Crippen LogP contribution is 2.10. The standard InChI is InChI=1S/C12H22N6O/c1-5-9-16-10(13-2)8-11(17-9)14-6-7-15-12(19)18(3)4/h8H,5-7H2,1-4H3,(H,15,19)(H2,13,14,16,17). The molecule has 7 heteroatoms. The van der Waals surface area contributed by atoms with E-state index < -0.39 is 0 Å².